The number of carbonyl (C=O) groups is 1. The topological polar surface area (TPSA) is 67.3 Å². The fourth-order valence-corrected chi connectivity index (χ4v) is 4.39. The number of hydrogen-bond donors (Lipinski definition) is 0. The molecule has 0 N–H and O–H groups in total. The van der Waals surface area contributed by atoms with Crippen LogP contribution in [-0.4, -0.2) is 30.0 Å². The van der Waals surface area contributed by atoms with Crippen molar-refractivity contribution in [2.75, 3.05) is 5.75 Å². The minimum absolute atomic E-state index is 0.0682. The Morgan fingerprint density at radius 1 is 1.23 bits per heavy atom. The largest absolute Gasteiger partial charge is 0.333 e. The Balaban J connectivity index is 1.76. The van der Waals surface area contributed by atoms with Crippen LogP contribution in [0.2, 0.25) is 0 Å². The third kappa shape index (κ3) is 2.73. The molecule has 0 unspecified atom stereocenters. The number of thiazole rings is 1. The maximum absolute atomic E-state index is 13.2. The normalized spacial score (nSPS) is 14.2. The van der Waals surface area contributed by atoms with Crippen molar-refractivity contribution in [3.8, 4) is 0 Å². The fraction of sp³-hybridized carbons (Fsp3) is 0.231. The first kappa shape index (κ1) is 15.0. The van der Waals surface area contributed by atoms with Gasteiger partial charge in [0, 0.05) is 24.7 Å². The monoisotopic (exact) mass is 344 g/mol. The SMILES string of the molecule is O=C(CS(=O)(=O)c1nccs1)N1Cc2cc(F)c(F)cc2C1. The quantitative estimate of drug-likeness (QED) is 0.851. The Kier molecular flexibility index (Phi) is 3.69. The summed E-state index contributed by atoms with van der Waals surface area (Å²) in [6.07, 6.45) is 1.35. The van der Waals surface area contributed by atoms with Gasteiger partial charge in [0.25, 0.3) is 0 Å². The number of benzene rings is 1. The lowest BCUT2D eigenvalue weighted by Crippen LogP contribution is -2.31. The summed E-state index contributed by atoms with van der Waals surface area (Å²) < 4.78 is 50.3. The van der Waals surface area contributed by atoms with Gasteiger partial charge in [-0.15, -0.1) is 11.3 Å². The summed E-state index contributed by atoms with van der Waals surface area (Å²) in [5, 5.41) is 1.51. The molecule has 1 aromatic heterocycles. The number of carbonyl (C=O) groups excluding carboxylic acids is 1. The molecule has 0 radical (unpaired) electrons. The molecule has 0 fully saturated rings. The van der Waals surface area contributed by atoms with Gasteiger partial charge in [0.2, 0.25) is 20.1 Å². The highest BCUT2D eigenvalue weighted by molar-refractivity contribution is 7.93. The van der Waals surface area contributed by atoms with Gasteiger partial charge in [-0.2, -0.15) is 0 Å². The number of amides is 1. The summed E-state index contributed by atoms with van der Waals surface area (Å²) in [5.41, 5.74) is 0.970. The molecule has 2 aromatic rings. The van der Waals surface area contributed by atoms with Crippen molar-refractivity contribution in [1.82, 2.24) is 9.88 Å². The second-order valence-corrected chi connectivity index (χ2v) is 7.90. The Labute approximate surface area is 129 Å². The molecule has 9 heteroatoms. The smallest absolute Gasteiger partial charge is 0.238 e. The van der Waals surface area contributed by atoms with Crippen LogP contribution in [0.15, 0.2) is 28.0 Å². The van der Waals surface area contributed by atoms with E-state index in [2.05, 4.69) is 4.98 Å². The second-order valence-electron chi connectivity index (χ2n) is 4.84. The first-order chi connectivity index (χ1) is 10.4. The Bertz CT molecular complexity index is 804. The van der Waals surface area contributed by atoms with E-state index >= 15 is 0 Å². The van der Waals surface area contributed by atoms with Crippen LogP contribution < -0.4 is 0 Å². The number of rotatable bonds is 3. The lowest BCUT2D eigenvalue weighted by Gasteiger charge is -2.14. The number of sulfone groups is 1. The molecule has 0 bridgehead atoms. The molecule has 0 atom stereocenters. The molecule has 5 nitrogen and oxygen atoms in total. The van der Waals surface area contributed by atoms with Gasteiger partial charge < -0.3 is 4.90 Å². The van der Waals surface area contributed by atoms with Crippen molar-refractivity contribution in [2.45, 2.75) is 17.4 Å². The molecule has 22 heavy (non-hydrogen) atoms. The maximum Gasteiger partial charge on any atom is 0.238 e. The molecule has 0 saturated heterocycles. The van der Waals surface area contributed by atoms with E-state index in [-0.39, 0.29) is 17.4 Å². The number of fused-ring (bicyclic) bond motifs is 1. The van der Waals surface area contributed by atoms with Crippen LogP contribution >= 0.6 is 11.3 Å². The summed E-state index contributed by atoms with van der Waals surface area (Å²) in [6.45, 7) is 0.136. The highest BCUT2D eigenvalue weighted by atomic mass is 32.2. The third-order valence-electron chi connectivity index (χ3n) is 3.31. The lowest BCUT2D eigenvalue weighted by atomic mass is 10.1. The van der Waals surface area contributed by atoms with E-state index in [0.29, 0.717) is 11.1 Å². The molecule has 116 valence electrons. The molecule has 0 spiro atoms. The maximum atomic E-state index is 13.2. The van der Waals surface area contributed by atoms with Crippen LogP contribution in [0.5, 0.6) is 0 Å². The summed E-state index contributed by atoms with van der Waals surface area (Å²) in [5.74, 6) is -3.29. The number of halogens is 2. The first-order valence-electron chi connectivity index (χ1n) is 6.23. The van der Waals surface area contributed by atoms with E-state index in [0.717, 1.165) is 23.5 Å². The van der Waals surface area contributed by atoms with Gasteiger partial charge in [-0.1, -0.05) is 0 Å². The first-order valence-corrected chi connectivity index (χ1v) is 8.77. The number of hydrogen-bond acceptors (Lipinski definition) is 5. The standard InChI is InChI=1S/C13H10F2N2O3S2/c14-10-3-8-5-17(6-9(8)4-11(10)15)12(18)7-22(19,20)13-16-1-2-21-13/h1-4H,5-7H2. The van der Waals surface area contributed by atoms with Gasteiger partial charge in [0.15, 0.2) is 11.6 Å². The molecule has 0 saturated carbocycles. The lowest BCUT2D eigenvalue weighted by molar-refractivity contribution is -0.129. The number of aromatic nitrogens is 1. The molecule has 0 aliphatic carbocycles. The van der Waals surface area contributed by atoms with Gasteiger partial charge in [-0.05, 0) is 23.3 Å². The Morgan fingerprint density at radius 2 is 1.82 bits per heavy atom. The highest BCUT2D eigenvalue weighted by Gasteiger charge is 2.29. The van der Waals surface area contributed by atoms with Gasteiger partial charge in [0.05, 0.1) is 0 Å². The van der Waals surface area contributed by atoms with Crippen LogP contribution in [0.4, 0.5) is 8.78 Å². The second kappa shape index (κ2) is 5.40. The van der Waals surface area contributed by atoms with Gasteiger partial charge in [-0.25, -0.2) is 22.2 Å². The molecule has 1 aromatic carbocycles. The average Bonchev–Trinajstić information content (AvgIpc) is 3.07. The number of nitrogens with zero attached hydrogens (tertiary/aromatic N) is 2. The molecule has 3 rings (SSSR count). The van der Waals surface area contributed by atoms with Crippen molar-refractivity contribution in [1.29, 1.82) is 0 Å². The molecular weight excluding hydrogens is 334 g/mol. The zero-order chi connectivity index (χ0) is 15.9. The van der Waals surface area contributed by atoms with Crippen molar-refractivity contribution in [3.63, 3.8) is 0 Å². The van der Waals surface area contributed by atoms with Gasteiger partial charge in [0.1, 0.15) is 5.75 Å². The fourth-order valence-electron chi connectivity index (χ4n) is 2.25. The minimum atomic E-state index is -3.79. The molecule has 2 heterocycles. The summed E-state index contributed by atoms with van der Waals surface area (Å²) >= 11 is 0.937. The van der Waals surface area contributed by atoms with Crippen LogP contribution in [0.1, 0.15) is 11.1 Å². The minimum Gasteiger partial charge on any atom is -0.333 e. The van der Waals surface area contributed by atoms with Crippen molar-refractivity contribution < 1.29 is 22.0 Å². The van der Waals surface area contributed by atoms with Gasteiger partial charge >= 0.3 is 0 Å². The van der Waals surface area contributed by atoms with Crippen molar-refractivity contribution >= 4 is 27.1 Å². The van der Waals surface area contributed by atoms with E-state index in [4.69, 9.17) is 0 Å². The van der Waals surface area contributed by atoms with Crippen molar-refractivity contribution in [3.05, 3.63) is 46.5 Å². The molecule has 1 aliphatic heterocycles. The predicted octanol–water partition coefficient (Wildman–Crippen LogP) is 1.74. The third-order valence-corrected chi connectivity index (χ3v) is 6.19. The molecular formula is C13H10F2N2O3S2. The molecule has 1 aliphatic rings. The summed E-state index contributed by atoms with van der Waals surface area (Å²) in [4.78, 5) is 17.1. The molecule has 1 amide bonds. The van der Waals surface area contributed by atoms with E-state index in [1.54, 1.807) is 0 Å². The van der Waals surface area contributed by atoms with Crippen molar-refractivity contribution in [2.24, 2.45) is 0 Å². The average molecular weight is 344 g/mol. The summed E-state index contributed by atoms with van der Waals surface area (Å²) in [6, 6.07) is 2.07. The van der Waals surface area contributed by atoms with Crippen LogP contribution in [0, 0.1) is 11.6 Å². The predicted molar refractivity (Wildman–Crippen MR) is 74.8 cm³/mol. The summed E-state index contributed by atoms with van der Waals surface area (Å²) in [7, 11) is -3.79. The van der Waals surface area contributed by atoms with Crippen LogP contribution in [-0.2, 0) is 27.7 Å². The van der Waals surface area contributed by atoms with E-state index < -0.39 is 33.1 Å². The van der Waals surface area contributed by atoms with Crippen LogP contribution in [0.3, 0.4) is 0 Å². The van der Waals surface area contributed by atoms with Gasteiger partial charge in [-0.3, -0.25) is 4.79 Å². The van der Waals surface area contributed by atoms with Crippen LogP contribution in [0.25, 0.3) is 0 Å². The van der Waals surface area contributed by atoms with E-state index in [1.165, 1.54) is 16.5 Å². The highest BCUT2D eigenvalue weighted by Crippen LogP contribution is 2.26. The van der Waals surface area contributed by atoms with E-state index in [1.807, 2.05) is 0 Å². The Hall–Kier alpha value is -1.87. The zero-order valence-corrected chi connectivity index (χ0v) is 12.8. The Morgan fingerprint density at radius 3 is 2.32 bits per heavy atom. The zero-order valence-electron chi connectivity index (χ0n) is 11.1. The van der Waals surface area contributed by atoms with E-state index in [9.17, 15) is 22.0 Å².